The fourth-order valence-corrected chi connectivity index (χ4v) is 2.59. The zero-order valence-electron chi connectivity index (χ0n) is 10.8. The van der Waals surface area contributed by atoms with Crippen LogP contribution < -0.4 is 5.30 Å². The molecule has 1 aromatic carbocycles. The van der Waals surface area contributed by atoms with Gasteiger partial charge >= 0.3 is 7.60 Å². The van der Waals surface area contributed by atoms with Crippen LogP contribution >= 0.6 is 7.60 Å². The number of aromatic hydroxyl groups is 1. The van der Waals surface area contributed by atoms with Gasteiger partial charge in [-0.2, -0.15) is 4.98 Å². The van der Waals surface area contributed by atoms with Crippen molar-refractivity contribution in [2.24, 2.45) is 0 Å². The molecule has 108 valence electrons. The number of hydrogen-bond acceptors (Lipinski definition) is 4. The molecule has 21 heavy (non-hydrogen) atoms. The van der Waals surface area contributed by atoms with Crippen molar-refractivity contribution < 1.29 is 19.5 Å². The summed E-state index contributed by atoms with van der Waals surface area (Å²) in [6.07, 6.45) is 1.61. The average Bonchev–Trinajstić information content (AvgIpc) is 2.80. The first-order valence-corrected chi connectivity index (χ1v) is 7.70. The number of nitrogens with zero attached hydrogens (tertiary/aromatic N) is 3. The topological polar surface area (TPSA) is 108 Å². The lowest BCUT2D eigenvalue weighted by Crippen LogP contribution is -2.05. The van der Waals surface area contributed by atoms with E-state index in [1.807, 2.05) is 4.57 Å². The molecule has 0 saturated carbocycles. The third kappa shape index (κ3) is 2.80. The van der Waals surface area contributed by atoms with Gasteiger partial charge in [-0.15, -0.1) is 0 Å². The van der Waals surface area contributed by atoms with E-state index in [1.54, 1.807) is 24.5 Å². The molecular formula is C13H12N3O4P. The van der Waals surface area contributed by atoms with Crippen molar-refractivity contribution in [3.8, 4) is 5.88 Å². The molecule has 0 radical (unpaired) electrons. The number of imidazole rings is 1. The lowest BCUT2D eigenvalue weighted by atomic mass is 10.2. The SMILES string of the molecule is O=P(O)(O)c1ccc(Cn2cnc3nc(O)ccc32)cc1. The zero-order valence-corrected chi connectivity index (χ0v) is 11.7. The van der Waals surface area contributed by atoms with E-state index in [1.165, 1.54) is 18.2 Å². The smallest absolute Gasteiger partial charge is 0.356 e. The highest BCUT2D eigenvalue weighted by Crippen LogP contribution is 2.32. The van der Waals surface area contributed by atoms with Crippen LogP contribution in [0.2, 0.25) is 0 Å². The summed E-state index contributed by atoms with van der Waals surface area (Å²) < 4.78 is 13.0. The Morgan fingerprint density at radius 2 is 1.81 bits per heavy atom. The van der Waals surface area contributed by atoms with Crippen LogP contribution in [0.3, 0.4) is 0 Å². The van der Waals surface area contributed by atoms with Gasteiger partial charge in [-0.25, -0.2) is 4.98 Å². The highest BCUT2D eigenvalue weighted by molar-refractivity contribution is 7.60. The molecule has 0 aliphatic heterocycles. The highest BCUT2D eigenvalue weighted by Gasteiger charge is 2.16. The lowest BCUT2D eigenvalue weighted by molar-refractivity contribution is 0.387. The van der Waals surface area contributed by atoms with Crippen LogP contribution in [-0.4, -0.2) is 29.4 Å². The first kappa shape index (κ1) is 13.8. The Hall–Kier alpha value is -2.21. The van der Waals surface area contributed by atoms with E-state index in [0.717, 1.165) is 11.1 Å². The number of aromatic nitrogens is 3. The second kappa shape index (κ2) is 4.96. The molecule has 0 aliphatic rings. The van der Waals surface area contributed by atoms with Crippen LogP contribution in [0.5, 0.6) is 5.88 Å². The molecule has 0 atom stereocenters. The van der Waals surface area contributed by atoms with Crippen molar-refractivity contribution in [3.05, 3.63) is 48.3 Å². The minimum Gasteiger partial charge on any atom is -0.493 e. The van der Waals surface area contributed by atoms with Crippen molar-refractivity contribution >= 4 is 24.1 Å². The largest absolute Gasteiger partial charge is 0.493 e. The van der Waals surface area contributed by atoms with Gasteiger partial charge in [0.15, 0.2) is 5.65 Å². The predicted octanol–water partition coefficient (Wildman–Crippen LogP) is 0.988. The third-order valence-corrected chi connectivity index (χ3v) is 4.07. The average molecular weight is 305 g/mol. The maximum atomic E-state index is 11.1. The molecule has 0 amide bonds. The summed E-state index contributed by atoms with van der Waals surface area (Å²) >= 11 is 0. The number of hydrogen-bond donors (Lipinski definition) is 3. The normalized spacial score (nSPS) is 11.9. The summed E-state index contributed by atoms with van der Waals surface area (Å²) in [5.74, 6) is -0.0845. The number of benzene rings is 1. The Morgan fingerprint density at radius 1 is 1.10 bits per heavy atom. The Balaban J connectivity index is 1.90. The molecule has 0 spiro atoms. The number of fused-ring (bicyclic) bond motifs is 1. The molecule has 7 nitrogen and oxygen atoms in total. The summed E-state index contributed by atoms with van der Waals surface area (Å²) in [5, 5.41) is 9.30. The molecule has 0 fully saturated rings. The van der Waals surface area contributed by atoms with Gasteiger partial charge in [0.2, 0.25) is 5.88 Å². The van der Waals surface area contributed by atoms with E-state index in [4.69, 9.17) is 9.79 Å². The Labute approximate surface area is 119 Å². The summed E-state index contributed by atoms with van der Waals surface area (Å²) in [7, 11) is -4.21. The molecule has 0 bridgehead atoms. The maximum absolute atomic E-state index is 11.1. The quantitative estimate of drug-likeness (QED) is 0.623. The second-order valence-electron chi connectivity index (χ2n) is 4.60. The standard InChI is InChI=1S/C13H12N3O4P/c17-12-6-5-11-13(15-12)14-8-16(11)7-9-1-3-10(4-2-9)21(18,19)20/h1-6,8H,7H2,(H,15,17)(H2,18,19,20). The van der Waals surface area contributed by atoms with Crippen LogP contribution in [0.1, 0.15) is 5.56 Å². The third-order valence-electron chi connectivity index (χ3n) is 3.09. The van der Waals surface area contributed by atoms with Crippen molar-refractivity contribution in [1.29, 1.82) is 0 Å². The van der Waals surface area contributed by atoms with Gasteiger partial charge in [0.25, 0.3) is 0 Å². The van der Waals surface area contributed by atoms with E-state index in [9.17, 15) is 9.67 Å². The Morgan fingerprint density at radius 3 is 2.48 bits per heavy atom. The van der Waals surface area contributed by atoms with Crippen molar-refractivity contribution in [2.75, 3.05) is 0 Å². The highest BCUT2D eigenvalue weighted by atomic mass is 31.2. The summed E-state index contributed by atoms with van der Waals surface area (Å²) in [5.41, 5.74) is 2.09. The van der Waals surface area contributed by atoms with Crippen molar-refractivity contribution in [2.45, 2.75) is 6.54 Å². The van der Waals surface area contributed by atoms with Crippen LogP contribution in [-0.2, 0) is 11.1 Å². The predicted molar refractivity (Wildman–Crippen MR) is 76.4 cm³/mol. The van der Waals surface area contributed by atoms with Gasteiger partial charge in [-0.3, -0.25) is 4.57 Å². The fourth-order valence-electron chi connectivity index (χ4n) is 2.06. The van der Waals surface area contributed by atoms with Gasteiger partial charge in [-0.05, 0) is 23.8 Å². The molecule has 0 unspecified atom stereocenters. The van der Waals surface area contributed by atoms with E-state index >= 15 is 0 Å². The van der Waals surface area contributed by atoms with Gasteiger partial charge < -0.3 is 19.5 Å². The minimum absolute atomic E-state index is 0.00618. The molecule has 3 N–H and O–H groups in total. The van der Waals surface area contributed by atoms with E-state index in [0.29, 0.717) is 12.2 Å². The van der Waals surface area contributed by atoms with Crippen LogP contribution in [0, 0.1) is 0 Å². The Kier molecular flexibility index (Phi) is 3.25. The minimum atomic E-state index is -4.21. The van der Waals surface area contributed by atoms with Crippen molar-refractivity contribution in [3.63, 3.8) is 0 Å². The molecule has 3 aromatic rings. The van der Waals surface area contributed by atoms with Gasteiger partial charge in [0, 0.05) is 12.6 Å². The molecule has 0 aliphatic carbocycles. The van der Waals surface area contributed by atoms with Gasteiger partial charge in [0.1, 0.15) is 0 Å². The van der Waals surface area contributed by atoms with E-state index < -0.39 is 7.60 Å². The van der Waals surface area contributed by atoms with Crippen LogP contribution in [0.15, 0.2) is 42.7 Å². The summed E-state index contributed by atoms with van der Waals surface area (Å²) in [6.45, 7) is 0.490. The molecular weight excluding hydrogens is 293 g/mol. The molecule has 2 heterocycles. The van der Waals surface area contributed by atoms with Gasteiger partial charge in [0.05, 0.1) is 17.1 Å². The van der Waals surface area contributed by atoms with Crippen LogP contribution in [0.25, 0.3) is 11.2 Å². The van der Waals surface area contributed by atoms with Crippen molar-refractivity contribution in [1.82, 2.24) is 14.5 Å². The van der Waals surface area contributed by atoms with E-state index in [-0.39, 0.29) is 11.2 Å². The maximum Gasteiger partial charge on any atom is 0.356 e. The lowest BCUT2D eigenvalue weighted by Gasteiger charge is -2.07. The summed E-state index contributed by atoms with van der Waals surface area (Å²) in [6, 6.07) is 9.35. The first-order chi connectivity index (χ1) is 9.93. The number of pyridine rings is 1. The van der Waals surface area contributed by atoms with E-state index in [2.05, 4.69) is 9.97 Å². The van der Waals surface area contributed by atoms with Gasteiger partial charge in [-0.1, -0.05) is 12.1 Å². The fraction of sp³-hybridized carbons (Fsp3) is 0.0769. The zero-order chi connectivity index (χ0) is 15.0. The monoisotopic (exact) mass is 305 g/mol. The summed E-state index contributed by atoms with van der Waals surface area (Å²) in [4.78, 5) is 26.1. The van der Waals surface area contributed by atoms with Crippen LogP contribution in [0.4, 0.5) is 0 Å². The second-order valence-corrected chi connectivity index (χ2v) is 6.20. The molecule has 8 heteroatoms. The molecule has 3 rings (SSSR count). The Bertz CT molecular complexity index is 838. The first-order valence-electron chi connectivity index (χ1n) is 6.09. The molecule has 0 saturated heterocycles. The number of rotatable bonds is 3. The molecule has 2 aromatic heterocycles.